The molecule has 130 valence electrons. The Bertz CT molecular complexity index is 844. The Balaban J connectivity index is 0.000000196. The second kappa shape index (κ2) is 7.83. The molecule has 1 atom stereocenters. The van der Waals surface area contributed by atoms with Crippen LogP contribution < -0.4 is 10.6 Å². The summed E-state index contributed by atoms with van der Waals surface area (Å²) in [5.41, 5.74) is -0.0875. The summed E-state index contributed by atoms with van der Waals surface area (Å²) in [6, 6.07) is 9.96. The van der Waals surface area contributed by atoms with Gasteiger partial charge in [-0.05, 0) is 63.0 Å². The first-order chi connectivity index (χ1) is 11.7. The second-order valence-electron chi connectivity index (χ2n) is 5.28. The average Bonchev–Trinajstić information content (AvgIpc) is 2.81. The van der Waals surface area contributed by atoms with Gasteiger partial charge in [0.1, 0.15) is 14.9 Å². The zero-order valence-corrected chi connectivity index (χ0v) is 16.5. The molecule has 2 aromatic rings. The normalized spacial score (nSPS) is 18.7. The number of pyridine rings is 2. The Morgan fingerprint density at radius 1 is 1.04 bits per heavy atom. The van der Waals surface area contributed by atoms with Gasteiger partial charge in [0.15, 0.2) is 11.3 Å². The van der Waals surface area contributed by atoms with Crippen molar-refractivity contribution in [3.63, 3.8) is 0 Å². The number of hydrogen-bond acceptors (Lipinski definition) is 5. The van der Waals surface area contributed by atoms with E-state index in [0.29, 0.717) is 20.6 Å². The molecule has 0 radical (unpaired) electrons. The number of carbonyl (C=O) groups is 3. The Morgan fingerprint density at radius 3 is 2.08 bits per heavy atom. The molecule has 7 nitrogen and oxygen atoms in total. The molecule has 1 unspecified atom stereocenters. The first-order valence-electron chi connectivity index (χ1n) is 7.12. The highest BCUT2D eigenvalue weighted by molar-refractivity contribution is 9.10. The van der Waals surface area contributed by atoms with E-state index in [1.54, 1.807) is 43.3 Å². The molecule has 0 aliphatic carbocycles. The zero-order chi connectivity index (χ0) is 18.6. The third-order valence-electron chi connectivity index (χ3n) is 3.35. The number of aromatic nitrogens is 2. The maximum absolute atomic E-state index is 11.6. The molecule has 0 saturated carbocycles. The summed E-state index contributed by atoms with van der Waals surface area (Å²) in [6.07, 6.45) is 0. The minimum absolute atomic E-state index is 0.0127. The lowest BCUT2D eigenvalue weighted by Gasteiger charge is -2.19. The van der Waals surface area contributed by atoms with Gasteiger partial charge in [0.05, 0.1) is 5.69 Å². The number of amides is 3. The van der Waals surface area contributed by atoms with Crippen LogP contribution in [0.2, 0.25) is 0 Å². The standard InChI is InChI=1S/C9H8BrN3O2.C7H6BrNO/c1-9(7(14)12-8(15)13-9)5-3-2-4-6(10)11-5;1-5(10)6-3-2-4-7(8)9-6/h2-4H,1H3,(H2,12,13,14,15);2-4H,1H3. The lowest BCUT2D eigenvalue weighted by molar-refractivity contribution is -0.123. The quantitative estimate of drug-likeness (QED) is 0.400. The lowest BCUT2D eigenvalue weighted by Crippen LogP contribution is -2.41. The van der Waals surface area contributed by atoms with Gasteiger partial charge in [0.2, 0.25) is 0 Å². The van der Waals surface area contributed by atoms with Crippen molar-refractivity contribution in [1.29, 1.82) is 0 Å². The van der Waals surface area contributed by atoms with Crippen LogP contribution in [0.1, 0.15) is 30.0 Å². The highest BCUT2D eigenvalue weighted by Gasteiger charge is 2.44. The monoisotopic (exact) mass is 468 g/mol. The van der Waals surface area contributed by atoms with E-state index in [2.05, 4.69) is 52.5 Å². The Kier molecular flexibility index (Phi) is 6.02. The Hall–Kier alpha value is -2.13. The molecule has 0 aromatic carbocycles. The minimum atomic E-state index is -1.08. The SMILES string of the molecule is CC(=O)c1cccc(Br)n1.CC1(c2cccc(Br)n2)NC(=O)NC1=O. The number of Topliss-reactive ketones (excluding diaryl/α,β-unsaturated/α-hetero) is 1. The third-order valence-corrected chi connectivity index (χ3v) is 4.23. The van der Waals surface area contributed by atoms with Crippen LogP contribution in [-0.4, -0.2) is 27.7 Å². The van der Waals surface area contributed by atoms with E-state index in [1.807, 2.05) is 0 Å². The van der Waals surface area contributed by atoms with Crippen molar-refractivity contribution in [2.45, 2.75) is 19.4 Å². The fourth-order valence-electron chi connectivity index (χ4n) is 2.01. The fraction of sp³-hybridized carbons (Fsp3) is 0.188. The molecule has 1 aliphatic heterocycles. The molecular weight excluding hydrogens is 456 g/mol. The van der Waals surface area contributed by atoms with Gasteiger partial charge in [-0.25, -0.2) is 14.8 Å². The van der Waals surface area contributed by atoms with Crippen molar-refractivity contribution in [3.8, 4) is 0 Å². The molecule has 9 heteroatoms. The Labute approximate surface area is 160 Å². The van der Waals surface area contributed by atoms with Crippen molar-refractivity contribution in [2.75, 3.05) is 0 Å². The Morgan fingerprint density at radius 2 is 1.64 bits per heavy atom. The maximum atomic E-state index is 11.6. The number of imide groups is 1. The smallest absolute Gasteiger partial charge is 0.318 e. The number of carbonyl (C=O) groups excluding carboxylic acids is 3. The largest absolute Gasteiger partial charge is 0.322 e. The van der Waals surface area contributed by atoms with Gasteiger partial charge in [0, 0.05) is 6.92 Å². The van der Waals surface area contributed by atoms with Crippen LogP contribution in [0, 0.1) is 0 Å². The van der Waals surface area contributed by atoms with Crippen molar-refractivity contribution < 1.29 is 14.4 Å². The van der Waals surface area contributed by atoms with Crippen molar-refractivity contribution >= 4 is 49.6 Å². The topological polar surface area (TPSA) is 101 Å². The molecule has 25 heavy (non-hydrogen) atoms. The molecule has 3 amide bonds. The zero-order valence-electron chi connectivity index (χ0n) is 13.3. The van der Waals surface area contributed by atoms with Gasteiger partial charge in [-0.15, -0.1) is 0 Å². The summed E-state index contributed by atoms with van der Waals surface area (Å²) >= 11 is 6.38. The molecule has 3 rings (SSSR count). The molecule has 2 aromatic heterocycles. The van der Waals surface area contributed by atoms with Crippen LogP contribution in [0.4, 0.5) is 4.79 Å². The molecule has 2 N–H and O–H groups in total. The van der Waals surface area contributed by atoms with E-state index in [1.165, 1.54) is 6.92 Å². The molecule has 3 heterocycles. The van der Waals surface area contributed by atoms with E-state index in [9.17, 15) is 14.4 Å². The average molecular weight is 470 g/mol. The van der Waals surface area contributed by atoms with Crippen LogP contribution in [0.15, 0.2) is 45.6 Å². The molecule has 1 saturated heterocycles. The van der Waals surface area contributed by atoms with Gasteiger partial charge in [0.25, 0.3) is 5.91 Å². The van der Waals surface area contributed by atoms with Crippen LogP contribution >= 0.6 is 31.9 Å². The van der Waals surface area contributed by atoms with E-state index in [4.69, 9.17) is 0 Å². The molecular formula is C16H14Br2N4O3. The van der Waals surface area contributed by atoms with Crippen molar-refractivity contribution in [1.82, 2.24) is 20.6 Å². The van der Waals surface area contributed by atoms with E-state index < -0.39 is 17.5 Å². The summed E-state index contributed by atoms with van der Waals surface area (Å²) in [5.74, 6) is -0.403. The number of hydrogen-bond donors (Lipinski definition) is 2. The number of halogens is 2. The van der Waals surface area contributed by atoms with E-state index in [-0.39, 0.29) is 5.78 Å². The first-order valence-corrected chi connectivity index (χ1v) is 8.71. The third kappa shape index (κ3) is 4.70. The number of nitrogens with zero attached hydrogens (tertiary/aromatic N) is 2. The van der Waals surface area contributed by atoms with Crippen LogP contribution in [-0.2, 0) is 10.3 Å². The summed E-state index contributed by atoms with van der Waals surface area (Å²) in [6.45, 7) is 3.11. The van der Waals surface area contributed by atoms with Gasteiger partial charge < -0.3 is 5.32 Å². The minimum Gasteiger partial charge on any atom is -0.318 e. The summed E-state index contributed by atoms with van der Waals surface area (Å²) in [4.78, 5) is 41.4. The van der Waals surface area contributed by atoms with Gasteiger partial charge in [-0.2, -0.15) is 0 Å². The first kappa shape index (κ1) is 19.2. The highest BCUT2D eigenvalue weighted by Crippen LogP contribution is 2.23. The number of urea groups is 1. The predicted octanol–water partition coefficient (Wildman–Crippen LogP) is 2.95. The van der Waals surface area contributed by atoms with Crippen LogP contribution in [0.25, 0.3) is 0 Å². The second-order valence-corrected chi connectivity index (χ2v) is 6.91. The van der Waals surface area contributed by atoms with E-state index >= 15 is 0 Å². The summed E-state index contributed by atoms with van der Waals surface area (Å²) in [5, 5.41) is 4.72. The van der Waals surface area contributed by atoms with Crippen molar-refractivity contribution in [2.24, 2.45) is 0 Å². The summed E-state index contributed by atoms with van der Waals surface area (Å²) in [7, 11) is 0. The van der Waals surface area contributed by atoms with Gasteiger partial charge in [-0.1, -0.05) is 12.1 Å². The summed E-state index contributed by atoms with van der Waals surface area (Å²) < 4.78 is 1.32. The molecule has 1 fully saturated rings. The predicted molar refractivity (Wildman–Crippen MR) is 97.9 cm³/mol. The fourth-order valence-corrected chi connectivity index (χ4v) is 2.70. The van der Waals surface area contributed by atoms with Gasteiger partial charge >= 0.3 is 6.03 Å². The van der Waals surface area contributed by atoms with Crippen molar-refractivity contribution in [3.05, 3.63) is 57.0 Å². The number of rotatable bonds is 2. The van der Waals surface area contributed by atoms with E-state index in [0.717, 1.165) is 0 Å². The molecule has 1 aliphatic rings. The van der Waals surface area contributed by atoms with Gasteiger partial charge in [-0.3, -0.25) is 14.9 Å². The highest BCUT2D eigenvalue weighted by atomic mass is 79.9. The van der Waals surface area contributed by atoms with Crippen LogP contribution in [0.3, 0.4) is 0 Å². The van der Waals surface area contributed by atoms with Crippen LogP contribution in [0.5, 0.6) is 0 Å². The molecule has 0 spiro atoms. The number of nitrogens with one attached hydrogen (secondary N) is 2. The maximum Gasteiger partial charge on any atom is 0.322 e. The molecule has 0 bridgehead atoms. The lowest BCUT2D eigenvalue weighted by atomic mass is 9.98. The number of ketones is 1.